The molecule has 1 N–H and O–H groups in total. The molecule has 1 aromatic heterocycles. The van der Waals surface area contributed by atoms with Gasteiger partial charge in [0, 0.05) is 56.1 Å². The first-order chi connectivity index (χ1) is 11.8. The van der Waals surface area contributed by atoms with E-state index in [0.29, 0.717) is 26.3 Å². The largest absolute Gasteiger partial charge is 0.490 e. The van der Waals surface area contributed by atoms with E-state index in [1.807, 2.05) is 40.3 Å². The molecule has 3 heterocycles. The third-order valence-electron chi connectivity index (χ3n) is 4.84. The third-order valence-corrected chi connectivity index (χ3v) is 4.84. The van der Waals surface area contributed by atoms with Crippen molar-refractivity contribution in [3.05, 3.63) is 30.5 Å². The highest BCUT2D eigenvalue weighted by molar-refractivity contribution is 5.85. The molecule has 2 saturated heterocycles. The Morgan fingerprint density at radius 1 is 1.08 bits per heavy atom. The average molecular weight is 329 g/mol. The number of hydrogen-bond acceptors (Lipinski definition) is 3. The second kappa shape index (κ2) is 6.73. The zero-order valence-corrected chi connectivity index (χ0v) is 13.7. The van der Waals surface area contributed by atoms with Crippen LogP contribution < -0.4 is 4.74 Å². The molecule has 2 fully saturated rings. The number of nitrogens with zero attached hydrogens (tertiary/aromatic N) is 2. The number of aromatic amines is 1. The number of fused-ring (bicyclic) bond motifs is 1. The highest BCUT2D eigenvalue weighted by atomic mass is 16.5. The molecule has 24 heavy (non-hydrogen) atoms. The van der Waals surface area contributed by atoms with Gasteiger partial charge in [-0.25, -0.2) is 4.79 Å². The number of H-pyrrole nitrogens is 1. The number of likely N-dealkylation sites (tertiary alicyclic amines) is 1. The van der Waals surface area contributed by atoms with E-state index in [1.54, 1.807) is 0 Å². The van der Waals surface area contributed by atoms with E-state index < -0.39 is 0 Å². The predicted octanol–water partition coefficient (Wildman–Crippen LogP) is 2.46. The van der Waals surface area contributed by atoms with Crippen molar-refractivity contribution in [1.82, 2.24) is 14.8 Å². The molecule has 6 nitrogen and oxygen atoms in total. The van der Waals surface area contributed by atoms with Crippen molar-refractivity contribution < 1.29 is 14.3 Å². The minimum absolute atomic E-state index is 0.143. The van der Waals surface area contributed by atoms with Crippen LogP contribution in [0.15, 0.2) is 30.5 Å². The number of carbonyl (C=O) groups excluding carboxylic acids is 1. The summed E-state index contributed by atoms with van der Waals surface area (Å²) in [7, 11) is 0. The molecule has 2 amide bonds. The Bertz CT molecular complexity index is 700. The van der Waals surface area contributed by atoms with Gasteiger partial charge in [-0.2, -0.15) is 0 Å². The van der Waals surface area contributed by atoms with Crippen molar-refractivity contribution in [3.8, 4) is 5.75 Å². The Kier molecular flexibility index (Phi) is 4.30. The van der Waals surface area contributed by atoms with Gasteiger partial charge in [-0.1, -0.05) is 6.07 Å². The zero-order valence-electron chi connectivity index (χ0n) is 13.7. The molecule has 2 aliphatic rings. The maximum absolute atomic E-state index is 12.5. The Morgan fingerprint density at radius 3 is 2.62 bits per heavy atom. The van der Waals surface area contributed by atoms with E-state index in [9.17, 15) is 4.79 Å². The van der Waals surface area contributed by atoms with E-state index in [-0.39, 0.29) is 12.1 Å². The summed E-state index contributed by atoms with van der Waals surface area (Å²) in [6, 6.07) is 8.25. The normalized spacial score (nSPS) is 19.7. The van der Waals surface area contributed by atoms with Crippen molar-refractivity contribution in [1.29, 1.82) is 0 Å². The minimum atomic E-state index is 0.143. The van der Waals surface area contributed by atoms with Crippen LogP contribution in [-0.4, -0.2) is 66.3 Å². The number of carbonyl (C=O) groups is 1. The molecule has 6 heteroatoms. The van der Waals surface area contributed by atoms with Crippen LogP contribution in [0.25, 0.3) is 10.9 Å². The maximum Gasteiger partial charge on any atom is 0.320 e. The number of urea groups is 1. The fourth-order valence-electron chi connectivity index (χ4n) is 3.46. The van der Waals surface area contributed by atoms with E-state index in [1.165, 1.54) is 0 Å². The number of rotatable bonds is 2. The molecule has 0 aliphatic carbocycles. The number of amides is 2. The van der Waals surface area contributed by atoms with Crippen LogP contribution in [0, 0.1) is 0 Å². The number of nitrogens with one attached hydrogen (secondary N) is 1. The summed E-state index contributed by atoms with van der Waals surface area (Å²) in [5.74, 6) is 0.923. The topological polar surface area (TPSA) is 57.8 Å². The van der Waals surface area contributed by atoms with Gasteiger partial charge in [0.15, 0.2) is 0 Å². The Hall–Kier alpha value is -2.21. The summed E-state index contributed by atoms with van der Waals surface area (Å²) in [6.45, 7) is 4.20. The summed E-state index contributed by atoms with van der Waals surface area (Å²) in [5, 5.41) is 1.12. The summed E-state index contributed by atoms with van der Waals surface area (Å²) in [5.41, 5.74) is 1.09. The Labute approximate surface area is 141 Å². The zero-order chi connectivity index (χ0) is 16.4. The number of aromatic nitrogens is 1. The fraction of sp³-hybridized carbons (Fsp3) is 0.500. The van der Waals surface area contributed by atoms with Crippen molar-refractivity contribution >= 4 is 16.9 Å². The van der Waals surface area contributed by atoms with Crippen LogP contribution in [-0.2, 0) is 4.74 Å². The molecule has 0 atom stereocenters. The van der Waals surface area contributed by atoms with Gasteiger partial charge in [0.2, 0.25) is 0 Å². The smallest absolute Gasteiger partial charge is 0.320 e. The number of ether oxygens (including phenoxy) is 2. The monoisotopic (exact) mass is 329 g/mol. The van der Waals surface area contributed by atoms with Crippen LogP contribution in [0.2, 0.25) is 0 Å². The maximum atomic E-state index is 12.5. The van der Waals surface area contributed by atoms with Crippen LogP contribution >= 0.6 is 0 Å². The fourth-order valence-corrected chi connectivity index (χ4v) is 3.46. The summed E-state index contributed by atoms with van der Waals surface area (Å²) >= 11 is 0. The van der Waals surface area contributed by atoms with Gasteiger partial charge < -0.3 is 24.3 Å². The van der Waals surface area contributed by atoms with Crippen molar-refractivity contribution in [3.63, 3.8) is 0 Å². The first-order valence-electron chi connectivity index (χ1n) is 8.65. The Morgan fingerprint density at radius 2 is 1.83 bits per heavy atom. The molecular formula is C18H23N3O3. The lowest BCUT2D eigenvalue weighted by molar-refractivity contribution is 0.0361. The van der Waals surface area contributed by atoms with E-state index in [2.05, 4.69) is 4.98 Å². The molecule has 0 saturated carbocycles. The standard InChI is InChI=1S/C18H23N3O3/c22-18(21-10-12-23-13-11-21)20-8-5-14(6-9-20)24-17-3-1-2-16-15(17)4-7-19-16/h1-4,7,14,19H,5-6,8-13H2. The first kappa shape index (κ1) is 15.3. The Balaban J connectivity index is 1.34. The lowest BCUT2D eigenvalue weighted by atomic mass is 10.1. The van der Waals surface area contributed by atoms with Crippen LogP contribution in [0.1, 0.15) is 12.8 Å². The third kappa shape index (κ3) is 3.06. The summed E-state index contributed by atoms with van der Waals surface area (Å²) < 4.78 is 11.5. The van der Waals surface area contributed by atoms with Gasteiger partial charge >= 0.3 is 6.03 Å². The number of morpholine rings is 1. The predicted molar refractivity (Wildman–Crippen MR) is 91.3 cm³/mol. The molecule has 0 radical (unpaired) electrons. The summed E-state index contributed by atoms with van der Waals surface area (Å²) in [4.78, 5) is 19.6. The molecule has 0 bridgehead atoms. The van der Waals surface area contributed by atoms with Gasteiger partial charge in [-0.15, -0.1) is 0 Å². The lowest BCUT2D eigenvalue weighted by Crippen LogP contribution is -2.51. The molecule has 0 spiro atoms. The van der Waals surface area contributed by atoms with Crippen LogP contribution in [0.5, 0.6) is 5.75 Å². The van der Waals surface area contributed by atoms with Crippen molar-refractivity contribution in [2.45, 2.75) is 18.9 Å². The second-order valence-corrected chi connectivity index (χ2v) is 6.38. The average Bonchev–Trinajstić information content (AvgIpc) is 3.12. The van der Waals surface area contributed by atoms with Gasteiger partial charge in [-0.05, 0) is 18.2 Å². The second-order valence-electron chi connectivity index (χ2n) is 6.38. The van der Waals surface area contributed by atoms with E-state index >= 15 is 0 Å². The van der Waals surface area contributed by atoms with Gasteiger partial charge in [-0.3, -0.25) is 0 Å². The van der Waals surface area contributed by atoms with Gasteiger partial charge in [0.25, 0.3) is 0 Å². The van der Waals surface area contributed by atoms with Gasteiger partial charge in [0.1, 0.15) is 11.9 Å². The van der Waals surface area contributed by atoms with Crippen molar-refractivity contribution in [2.75, 3.05) is 39.4 Å². The molecule has 4 rings (SSSR count). The molecule has 2 aromatic rings. The first-order valence-corrected chi connectivity index (χ1v) is 8.65. The van der Waals surface area contributed by atoms with Crippen LogP contribution in [0.3, 0.4) is 0 Å². The highest BCUT2D eigenvalue weighted by Crippen LogP contribution is 2.27. The number of piperidine rings is 1. The SMILES string of the molecule is O=C(N1CCOCC1)N1CCC(Oc2cccc3[nH]ccc23)CC1. The lowest BCUT2D eigenvalue weighted by Gasteiger charge is -2.37. The van der Waals surface area contributed by atoms with E-state index in [0.717, 1.165) is 42.6 Å². The molecule has 128 valence electrons. The molecular weight excluding hydrogens is 306 g/mol. The molecule has 0 unspecified atom stereocenters. The summed E-state index contributed by atoms with van der Waals surface area (Å²) in [6.07, 6.45) is 3.84. The number of hydrogen-bond donors (Lipinski definition) is 1. The van der Waals surface area contributed by atoms with Crippen molar-refractivity contribution in [2.24, 2.45) is 0 Å². The van der Waals surface area contributed by atoms with Gasteiger partial charge in [0.05, 0.1) is 13.2 Å². The highest BCUT2D eigenvalue weighted by Gasteiger charge is 2.28. The van der Waals surface area contributed by atoms with Crippen LogP contribution in [0.4, 0.5) is 4.79 Å². The minimum Gasteiger partial charge on any atom is -0.490 e. The van der Waals surface area contributed by atoms with E-state index in [4.69, 9.17) is 9.47 Å². The molecule has 2 aliphatic heterocycles. The quantitative estimate of drug-likeness (QED) is 0.921. The molecule has 1 aromatic carbocycles. The number of benzene rings is 1.